The first-order valence-corrected chi connectivity index (χ1v) is 13.3. The number of rotatable bonds is 11. The van der Waals surface area contributed by atoms with Crippen molar-refractivity contribution in [3.05, 3.63) is 58.9 Å². The van der Waals surface area contributed by atoms with Gasteiger partial charge >= 0.3 is 0 Å². The molecule has 0 atom stereocenters. The number of unbranched alkanes of at least 4 members (excludes halogenated alkanes) is 1. The van der Waals surface area contributed by atoms with Gasteiger partial charge in [-0.2, -0.15) is 0 Å². The molecule has 5 nitrogen and oxygen atoms in total. The molecular weight excluding hydrogens is 463 g/mol. The maximum Gasteiger partial charge on any atom is 0.166 e. The molecule has 0 radical (unpaired) electrons. The third-order valence-corrected chi connectivity index (χ3v) is 7.91. The Morgan fingerprint density at radius 2 is 2.09 bits per heavy atom. The Morgan fingerprint density at radius 3 is 2.83 bits per heavy atom. The fourth-order valence-corrected chi connectivity index (χ4v) is 5.67. The van der Waals surface area contributed by atoms with Crippen molar-refractivity contribution in [2.45, 2.75) is 44.9 Å². The smallest absolute Gasteiger partial charge is 0.166 e. The van der Waals surface area contributed by atoms with E-state index in [2.05, 4.69) is 22.0 Å². The molecule has 1 aliphatic carbocycles. The first-order chi connectivity index (χ1) is 17.1. The van der Waals surface area contributed by atoms with Crippen molar-refractivity contribution in [2.24, 2.45) is 5.92 Å². The lowest BCUT2D eigenvalue weighted by molar-refractivity contribution is -0.118. The van der Waals surface area contributed by atoms with Crippen molar-refractivity contribution in [2.75, 3.05) is 26.2 Å². The minimum atomic E-state index is -0.459. The Kier molecular flexibility index (Phi) is 7.56. The van der Waals surface area contributed by atoms with Crippen LogP contribution in [0.5, 0.6) is 11.5 Å². The van der Waals surface area contributed by atoms with Crippen LogP contribution in [0.3, 0.4) is 0 Å². The summed E-state index contributed by atoms with van der Waals surface area (Å²) in [6.07, 6.45) is 9.95. The standard InChI is InChI=1S/C28H31FN2O3S/c29-23-17-20(16-22(33)15-19-3-4-19)5-6-25(23)34-26-7-10-30-24-18-27(35-28(24)26)21-8-12-31(13-9-21)11-1-2-14-32/h5-8,10,17-19,32H,1-4,9,11-16H2. The number of Topliss-reactive ketones (excluding diaryl/α,β-unsaturated/α-hetero) is 1. The van der Waals surface area contributed by atoms with Crippen molar-refractivity contribution >= 4 is 32.9 Å². The lowest BCUT2D eigenvalue weighted by Crippen LogP contribution is -2.29. The van der Waals surface area contributed by atoms with Crippen molar-refractivity contribution in [3.63, 3.8) is 0 Å². The zero-order valence-corrected chi connectivity index (χ0v) is 20.7. The van der Waals surface area contributed by atoms with Gasteiger partial charge < -0.3 is 9.84 Å². The van der Waals surface area contributed by atoms with E-state index in [1.165, 1.54) is 16.5 Å². The Bertz CT molecular complexity index is 1230. The molecule has 1 fully saturated rings. The lowest BCUT2D eigenvalue weighted by Gasteiger charge is -2.25. The number of hydrogen-bond acceptors (Lipinski definition) is 6. The molecule has 2 aliphatic rings. The highest BCUT2D eigenvalue weighted by Crippen LogP contribution is 2.39. The maximum absolute atomic E-state index is 14.8. The van der Waals surface area contributed by atoms with Gasteiger partial charge in [0.05, 0.1) is 10.2 Å². The topological polar surface area (TPSA) is 62.7 Å². The number of thiophene rings is 1. The Morgan fingerprint density at radius 1 is 1.20 bits per heavy atom. The molecular formula is C28H31FN2O3S. The van der Waals surface area contributed by atoms with E-state index >= 15 is 0 Å². The van der Waals surface area contributed by atoms with E-state index in [1.54, 1.807) is 35.7 Å². The molecule has 7 heteroatoms. The molecule has 1 aromatic carbocycles. The van der Waals surface area contributed by atoms with Gasteiger partial charge in [-0.3, -0.25) is 14.7 Å². The summed E-state index contributed by atoms with van der Waals surface area (Å²) in [5.41, 5.74) is 2.84. The van der Waals surface area contributed by atoms with Crippen LogP contribution >= 0.6 is 11.3 Å². The van der Waals surface area contributed by atoms with E-state index in [0.717, 1.165) is 62.0 Å². The molecule has 5 rings (SSSR count). The normalized spacial score (nSPS) is 16.5. The van der Waals surface area contributed by atoms with Gasteiger partial charge in [0.15, 0.2) is 11.6 Å². The van der Waals surface area contributed by atoms with Gasteiger partial charge in [-0.15, -0.1) is 11.3 Å². The highest BCUT2D eigenvalue weighted by atomic mass is 32.1. The van der Waals surface area contributed by atoms with Gasteiger partial charge in [-0.25, -0.2) is 4.39 Å². The minimum Gasteiger partial charge on any atom is -0.453 e. The monoisotopic (exact) mass is 494 g/mol. The van der Waals surface area contributed by atoms with Crippen LogP contribution in [0.15, 0.2) is 42.6 Å². The minimum absolute atomic E-state index is 0.154. The second kappa shape index (κ2) is 11.0. The molecule has 184 valence electrons. The number of benzene rings is 1. The zero-order chi connectivity index (χ0) is 24.2. The number of pyridine rings is 1. The van der Waals surface area contributed by atoms with Crippen LogP contribution in [-0.4, -0.2) is 47.0 Å². The predicted octanol–water partition coefficient (Wildman–Crippen LogP) is 6.00. The first kappa shape index (κ1) is 24.1. The number of fused-ring (bicyclic) bond motifs is 1. The Hall–Kier alpha value is -2.61. The number of ether oxygens (including phenoxy) is 1. The molecule has 1 saturated carbocycles. The quantitative estimate of drug-likeness (QED) is 0.331. The van der Waals surface area contributed by atoms with Gasteiger partial charge in [-0.05, 0) is 73.9 Å². The Balaban J connectivity index is 1.28. The number of halogens is 1. The van der Waals surface area contributed by atoms with E-state index in [0.29, 0.717) is 23.7 Å². The molecule has 1 aliphatic heterocycles. The third-order valence-electron chi connectivity index (χ3n) is 6.70. The highest BCUT2D eigenvalue weighted by molar-refractivity contribution is 7.20. The average Bonchev–Trinajstić information content (AvgIpc) is 3.55. The predicted molar refractivity (Wildman–Crippen MR) is 137 cm³/mol. The van der Waals surface area contributed by atoms with E-state index < -0.39 is 5.82 Å². The number of carbonyl (C=O) groups excluding carboxylic acids is 1. The molecule has 0 bridgehead atoms. The molecule has 3 aromatic rings. The summed E-state index contributed by atoms with van der Waals surface area (Å²) in [4.78, 5) is 20.2. The average molecular weight is 495 g/mol. The van der Waals surface area contributed by atoms with E-state index in [1.807, 2.05) is 0 Å². The zero-order valence-electron chi connectivity index (χ0n) is 19.8. The summed E-state index contributed by atoms with van der Waals surface area (Å²) in [5.74, 6) is 0.999. The van der Waals surface area contributed by atoms with Gasteiger partial charge in [0.2, 0.25) is 0 Å². The van der Waals surface area contributed by atoms with Crippen molar-refractivity contribution < 1.29 is 19.0 Å². The van der Waals surface area contributed by atoms with Crippen molar-refractivity contribution in [1.29, 1.82) is 0 Å². The molecule has 0 saturated heterocycles. The summed E-state index contributed by atoms with van der Waals surface area (Å²) in [6.45, 7) is 3.17. The summed E-state index contributed by atoms with van der Waals surface area (Å²) in [7, 11) is 0. The summed E-state index contributed by atoms with van der Waals surface area (Å²) in [6, 6.07) is 8.67. The largest absolute Gasteiger partial charge is 0.453 e. The number of aliphatic hydroxyl groups excluding tert-OH is 1. The fraction of sp³-hybridized carbons (Fsp3) is 0.429. The van der Waals surface area contributed by atoms with Gasteiger partial charge in [0, 0.05) is 49.7 Å². The molecule has 2 aromatic heterocycles. The second-order valence-corrected chi connectivity index (χ2v) is 10.6. The number of aliphatic hydroxyl groups is 1. The fourth-order valence-electron chi connectivity index (χ4n) is 4.54. The molecule has 0 amide bonds. The van der Waals surface area contributed by atoms with E-state index in [9.17, 15) is 9.18 Å². The number of hydrogen-bond donors (Lipinski definition) is 1. The van der Waals surface area contributed by atoms with Crippen LogP contribution < -0.4 is 4.74 Å². The molecule has 0 unspecified atom stereocenters. The third kappa shape index (κ3) is 6.15. The van der Waals surface area contributed by atoms with Gasteiger partial charge in [0.25, 0.3) is 0 Å². The second-order valence-electron chi connectivity index (χ2n) is 9.57. The van der Waals surface area contributed by atoms with Crippen LogP contribution in [0.1, 0.15) is 49.0 Å². The molecule has 0 spiro atoms. The molecule has 35 heavy (non-hydrogen) atoms. The van der Waals surface area contributed by atoms with E-state index in [4.69, 9.17) is 9.84 Å². The van der Waals surface area contributed by atoms with Crippen LogP contribution in [-0.2, 0) is 11.2 Å². The van der Waals surface area contributed by atoms with Crippen LogP contribution in [0.25, 0.3) is 15.8 Å². The number of aromatic nitrogens is 1. The molecule has 1 N–H and O–H groups in total. The number of carbonyl (C=O) groups is 1. The highest BCUT2D eigenvalue weighted by Gasteiger charge is 2.24. The van der Waals surface area contributed by atoms with Crippen LogP contribution in [0.4, 0.5) is 4.39 Å². The number of ketones is 1. The number of nitrogens with zero attached hydrogens (tertiary/aromatic N) is 2. The first-order valence-electron chi connectivity index (χ1n) is 12.5. The maximum atomic E-state index is 14.8. The van der Waals surface area contributed by atoms with E-state index in [-0.39, 0.29) is 24.6 Å². The van der Waals surface area contributed by atoms with Crippen molar-refractivity contribution in [3.8, 4) is 11.5 Å². The lowest BCUT2D eigenvalue weighted by atomic mass is 10.0. The van der Waals surface area contributed by atoms with Gasteiger partial charge in [0.1, 0.15) is 11.5 Å². The Labute approximate surface area is 209 Å². The molecule has 3 heterocycles. The van der Waals surface area contributed by atoms with Gasteiger partial charge in [-0.1, -0.05) is 12.1 Å². The summed E-state index contributed by atoms with van der Waals surface area (Å²) < 4.78 is 21.7. The SMILES string of the molecule is O=C(Cc1ccc(Oc2ccnc3cc(C4=CCN(CCCCO)CC4)sc23)c(F)c1)CC1CC1. The summed E-state index contributed by atoms with van der Waals surface area (Å²) in [5, 5.41) is 8.98. The van der Waals surface area contributed by atoms with Crippen LogP contribution in [0, 0.1) is 11.7 Å². The summed E-state index contributed by atoms with van der Waals surface area (Å²) >= 11 is 1.63. The van der Waals surface area contributed by atoms with Crippen LogP contribution in [0.2, 0.25) is 0 Å². The van der Waals surface area contributed by atoms with Crippen molar-refractivity contribution in [1.82, 2.24) is 9.88 Å².